The molecule has 0 fully saturated rings. The summed E-state index contributed by atoms with van der Waals surface area (Å²) in [4.78, 5) is 11.1. The van der Waals surface area contributed by atoms with Crippen LogP contribution in [-0.4, -0.2) is 5.91 Å². The van der Waals surface area contributed by atoms with Gasteiger partial charge in [0.1, 0.15) is 11.8 Å². The van der Waals surface area contributed by atoms with Gasteiger partial charge in [-0.2, -0.15) is 0 Å². The maximum atomic E-state index is 11.1. The molecule has 0 saturated heterocycles. The van der Waals surface area contributed by atoms with Crippen LogP contribution in [0.4, 0.5) is 5.69 Å². The average Bonchev–Trinajstić information content (AvgIpc) is 2.62. The summed E-state index contributed by atoms with van der Waals surface area (Å²) in [5, 5.41) is 3.56. The first-order valence-electron chi connectivity index (χ1n) is 4.21. The minimum Gasteiger partial charge on any atom is -0.462 e. The highest BCUT2D eigenvalue weighted by Crippen LogP contribution is 2.24. The maximum Gasteiger partial charge on any atom is 0.247 e. The molecule has 1 aromatic carbocycles. The molecule has 0 aliphatic carbocycles. The highest BCUT2D eigenvalue weighted by Gasteiger charge is 2.05. The van der Waals surface area contributed by atoms with Gasteiger partial charge in [-0.25, -0.2) is 0 Å². The van der Waals surface area contributed by atoms with E-state index >= 15 is 0 Å². The first-order chi connectivity index (χ1) is 6.81. The molecule has 70 valence electrons. The van der Waals surface area contributed by atoms with Crippen LogP contribution < -0.4 is 5.32 Å². The molecule has 1 heterocycles. The van der Waals surface area contributed by atoms with E-state index in [4.69, 9.17) is 4.42 Å². The van der Waals surface area contributed by atoms with Crippen LogP contribution >= 0.6 is 0 Å². The van der Waals surface area contributed by atoms with Gasteiger partial charge in [-0.1, -0.05) is 18.7 Å². The van der Waals surface area contributed by atoms with Crippen molar-refractivity contribution in [3.63, 3.8) is 0 Å². The standard InChI is InChI=1S/C11H9NO2/c1-2-11(13)12-9-7-14-10-6-4-3-5-8(9)10/h2-7H,1H2,(H,12,13). The van der Waals surface area contributed by atoms with Gasteiger partial charge in [-0.3, -0.25) is 4.79 Å². The minimum absolute atomic E-state index is 0.239. The van der Waals surface area contributed by atoms with Crippen molar-refractivity contribution in [2.45, 2.75) is 0 Å². The van der Waals surface area contributed by atoms with Gasteiger partial charge in [0.05, 0.1) is 5.69 Å². The van der Waals surface area contributed by atoms with E-state index in [1.54, 1.807) is 0 Å². The van der Waals surface area contributed by atoms with Gasteiger partial charge in [0, 0.05) is 5.39 Å². The minimum atomic E-state index is -0.239. The molecular formula is C11H9NO2. The van der Waals surface area contributed by atoms with Gasteiger partial charge in [-0.15, -0.1) is 0 Å². The number of fused-ring (bicyclic) bond motifs is 1. The van der Waals surface area contributed by atoms with Crippen LogP contribution in [0.3, 0.4) is 0 Å². The van der Waals surface area contributed by atoms with Crippen molar-refractivity contribution >= 4 is 22.6 Å². The number of hydrogen-bond donors (Lipinski definition) is 1. The molecule has 0 bridgehead atoms. The van der Waals surface area contributed by atoms with Crippen molar-refractivity contribution in [1.82, 2.24) is 0 Å². The Hall–Kier alpha value is -2.03. The van der Waals surface area contributed by atoms with Gasteiger partial charge < -0.3 is 9.73 Å². The third-order valence-corrected chi connectivity index (χ3v) is 1.92. The molecule has 0 unspecified atom stereocenters. The molecule has 3 heteroatoms. The monoisotopic (exact) mass is 187 g/mol. The number of furan rings is 1. The summed E-state index contributed by atoms with van der Waals surface area (Å²) in [5.74, 6) is -0.239. The number of nitrogens with one attached hydrogen (secondary N) is 1. The Morgan fingerprint density at radius 3 is 3.00 bits per heavy atom. The summed E-state index contributed by atoms with van der Waals surface area (Å²) in [6.45, 7) is 3.38. The maximum absolute atomic E-state index is 11.1. The fraction of sp³-hybridized carbons (Fsp3) is 0. The highest BCUT2D eigenvalue weighted by atomic mass is 16.3. The van der Waals surface area contributed by atoms with Gasteiger partial charge in [0.25, 0.3) is 0 Å². The zero-order valence-electron chi connectivity index (χ0n) is 7.49. The summed E-state index contributed by atoms with van der Waals surface area (Å²) in [6, 6.07) is 7.50. The average molecular weight is 187 g/mol. The predicted molar refractivity (Wildman–Crippen MR) is 55.0 cm³/mol. The van der Waals surface area contributed by atoms with Gasteiger partial charge >= 0.3 is 0 Å². The summed E-state index contributed by atoms with van der Waals surface area (Å²) in [5.41, 5.74) is 1.43. The Bertz CT molecular complexity index is 485. The largest absolute Gasteiger partial charge is 0.462 e. The van der Waals surface area contributed by atoms with Crippen molar-refractivity contribution < 1.29 is 9.21 Å². The predicted octanol–water partition coefficient (Wildman–Crippen LogP) is 2.56. The van der Waals surface area contributed by atoms with E-state index in [9.17, 15) is 4.79 Å². The second-order valence-electron chi connectivity index (χ2n) is 2.84. The van der Waals surface area contributed by atoms with Gasteiger partial charge in [0.15, 0.2) is 0 Å². The van der Waals surface area contributed by atoms with Crippen LogP contribution in [0.1, 0.15) is 0 Å². The molecule has 14 heavy (non-hydrogen) atoms. The number of benzene rings is 1. The summed E-state index contributed by atoms with van der Waals surface area (Å²) in [6.07, 6.45) is 2.74. The lowest BCUT2D eigenvalue weighted by Gasteiger charge is -1.96. The van der Waals surface area contributed by atoms with Crippen molar-refractivity contribution in [1.29, 1.82) is 0 Å². The first-order valence-corrected chi connectivity index (χ1v) is 4.21. The molecule has 1 N–H and O–H groups in total. The number of rotatable bonds is 2. The molecule has 0 aliphatic rings. The third kappa shape index (κ3) is 1.40. The van der Waals surface area contributed by atoms with Gasteiger partial charge in [0.2, 0.25) is 5.91 Å². The van der Waals surface area contributed by atoms with Crippen LogP contribution in [0.15, 0.2) is 47.6 Å². The molecule has 0 saturated carbocycles. The van der Waals surface area contributed by atoms with Crippen molar-refractivity contribution in [3.8, 4) is 0 Å². The topological polar surface area (TPSA) is 42.2 Å². The Morgan fingerprint density at radius 2 is 2.21 bits per heavy atom. The zero-order chi connectivity index (χ0) is 9.97. The summed E-state index contributed by atoms with van der Waals surface area (Å²) < 4.78 is 5.25. The van der Waals surface area contributed by atoms with E-state index in [0.717, 1.165) is 11.0 Å². The summed E-state index contributed by atoms with van der Waals surface area (Å²) >= 11 is 0. The lowest BCUT2D eigenvalue weighted by Crippen LogP contribution is -2.06. The molecule has 3 nitrogen and oxygen atoms in total. The number of amides is 1. The van der Waals surface area contributed by atoms with E-state index in [1.807, 2.05) is 24.3 Å². The number of hydrogen-bond acceptors (Lipinski definition) is 2. The number of para-hydroxylation sites is 1. The SMILES string of the molecule is C=CC(=O)Nc1coc2ccccc12. The second-order valence-corrected chi connectivity index (χ2v) is 2.84. The molecule has 0 radical (unpaired) electrons. The molecule has 0 aliphatic heterocycles. The Morgan fingerprint density at radius 1 is 1.43 bits per heavy atom. The number of anilines is 1. The van der Waals surface area contributed by atoms with Crippen molar-refractivity contribution in [2.75, 3.05) is 5.32 Å². The zero-order valence-corrected chi connectivity index (χ0v) is 7.49. The van der Waals surface area contributed by atoms with Crippen LogP contribution in [0.5, 0.6) is 0 Å². The van der Waals surface area contributed by atoms with Crippen LogP contribution in [0.25, 0.3) is 11.0 Å². The van der Waals surface area contributed by atoms with Crippen molar-refractivity contribution in [3.05, 3.63) is 43.2 Å². The van der Waals surface area contributed by atoms with E-state index in [2.05, 4.69) is 11.9 Å². The van der Waals surface area contributed by atoms with E-state index in [0.29, 0.717) is 5.69 Å². The highest BCUT2D eigenvalue weighted by molar-refractivity contribution is 6.04. The first kappa shape index (κ1) is 8.56. The number of carbonyl (C=O) groups excluding carboxylic acids is 1. The summed E-state index contributed by atoms with van der Waals surface area (Å²) in [7, 11) is 0. The lowest BCUT2D eigenvalue weighted by atomic mass is 10.2. The second kappa shape index (κ2) is 3.38. The molecule has 0 spiro atoms. The molecule has 0 atom stereocenters. The third-order valence-electron chi connectivity index (χ3n) is 1.92. The molecular weight excluding hydrogens is 178 g/mol. The van der Waals surface area contributed by atoms with E-state index in [1.165, 1.54) is 12.3 Å². The van der Waals surface area contributed by atoms with E-state index in [-0.39, 0.29) is 5.91 Å². The smallest absolute Gasteiger partial charge is 0.247 e. The van der Waals surface area contributed by atoms with Crippen molar-refractivity contribution in [2.24, 2.45) is 0 Å². The number of carbonyl (C=O) groups is 1. The molecule has 2 rings (SSSR count). The van der Waals surface area contributed by atoms with Crippen LogP contribution in [0.2, 0.25) is 0 Å². The quantitative estimate of drug-likeness (QED) is 0.734. The Balaban J connectivity index is 2.43. The normalized spacial score (nSPS) is 10.0. The van der Waals surface area contributed by atoms with Crippen LogP contribution in [-0.2, 0) is 4.79 Å². The lowest BCUT2D eigenvalue weighted by molar-refractivity contribution is -0.111. The van der Waals surface area contributed by atoms with E-state index < -0.39 is 0 Å². The van der Waals surface area contributed by atoms with Gasteiger partial charge in [-0.05, 0) is 18.2 Å². The molecule has 2 aromatic rings. The fourth-order valence-electron chi connectivity index (χ4n) is 1.26. The fourth-order valence-corrected chi connectivity index (χ4v) is 1.26. The molecule has 1 amide bonds. The Labute approximate surface area is 81.0 Å². The Kier molecular flexibility index (Phi) is 2.07. The van der Waals surface area contributed by atoms with Crippen LogP contribution in [0, 0.1) is 0 Å². The molecule has 1 aromatic heterocycles.